The van der Waals surface area contributed by atoms with Crippen LogP contribution in [-0.2, 0) is 9.59 Å². The lowest BCUT2D eigenvalue weighted by atomic mass is 10.2. The Bertz CT molecular complexity index is 136. The van der Waals surface area contributed by atoms with Crippen LogP contribution in [0.1, 0.15) is 13.3 Å². The van der Waals surface area contributed by atoms with E-state index >= 15 is 0 Å². The number of carbonyl (C=O) groups excluding carboxylic acids is 1. The molecule has 1 amide bonds. The van der Waals surface area contributed by atoms with E-state index in [1.807, 2.05) is 0 Å². The fourth-order valence-electron chi connectivity index (χ4n) is 0.516. The van der Waals surface area contributed by atoms with Crippen molar-refractivity contribution in [3.05, 3.63) is 0 Å². The maximum Gasteiger partial charge on any atom is 0.338 e. The van der Waals surface area contributed by atoms with Gasteiger partial charge < -0.3 is 5.11 Å². The summed E-state index contributed by atoms with van der Waals surface area (Å²) in [7, 11) is 0. The third kappa shape index (κ3) is 2.02. The molecule has 0 aliphatic carbocycles. The molecule has 5 nitrogen and oxygen atoms in total. The van der Waals surface area contributed by atoms with Gasteiger partial charge in [-0.2, -0.15) is 0 Å². The summed E-state index contributed by atoms with van der Waals surface area (Å²) in [6.07, 6.45) is 1.21. The Balaban J connectivity index is 4.05. The van der Waals surface area contributed by atoms with Gasteiger partial charge in [-0.15, -0.1) is 0 Å². The quantitative estimate of drug-likeness (QED) is 0.321. The van der Waals surface area contributed by atoms with Gasteiger partial charge in [0.15, 0.2) is 6.04 Å². The van der Waals surface area contributed by atoms with Crippen molar-refractivity contribution in [1.82, 2.24) is 5.06 Å². The van der Waals surface area contributed by atoms with E-state index in [-0.39, 0.29) is 11.5 Å². The van der Waals surface area contributed by atoms with E-state index in [4.69, 9.17) is 10.3 Å². The van der Waals surface area contributed by atoms with Crippen molar-refractivity contribution >= 4 is 12.4 Å². The van der Waals surface area contributed by atoms with E-state index < -0.39 is 12.0 Å². The predicted octanol–water partition coefficient (Wildman–Crippen LogP) is -0.392. The highest BCUT2D eigenvalue weighted by atomic mass is 16.5. The molecule has 0 aromatic heterocycles. The van der Waals surface area contributed by atoms with Gasteiger partial charge in [-0.25, -0.2) is 9.86 Å². The molecule has 0 rings (SSSR count). The Labute approximate surface area is 57.8 Å². The van der Waals surface area contributed by atoms with Crippen LogP contribution in [0.5, 0.6) is 0 Å². The van der Waals surface area contributed by atoms with Crippen LogP contribution in [0.4, 0.5) is 0 Å². The van der Waals surface area contributed by atoms with Gasteiger partial charge in [0.1, 0.15) is 0 Å². The van der Waals surface area contributed by atoms with Gasteiger partial charge in [0, 0.05) is 0 Å². The first-order chi connectivity index (χ1) is 4.63. The summed E-state index contributed by atoms with van der Waals surface area (Å²) in [5.41, 5.74) is 0. The minimum absolute atomic E-state index is 0.0162. The fourth-order valence-corrected chi connectivity index (χ4v) is 0.516. The monoisotopic (exact) mass is 146 g/mol. The maximum absolute atomic E-state index is 10.2. The van der Waals surface area contributed by atoms with Crippen molar-refractivity contribution in [1.29, 1.82) is 0 Å². The zero-order valence-corrected chi connectivity index (χ0v) is 5.44. The van der Waals surface area contributed by atoms with Crippen molar-refractivity contribution in [3.8, 4) is 0 Å². The van der Waals surface area contributed by atoms with Crippen LogP contribution in [0.3, 0.4) is 0 Å². The fraction of sp³-hybridized carbons (Fsp3) is 0.600. The standard InChI is InChI=1S/C5H8NO4/c1-2-4(5(8)9)6(10)3-7/h4,10H,2H2,1H3,(H,8,9). The second-order valence-corrected chi connectivity index (χ2v) is 1.70. The van der Waals surface area contributed by atoms with E-state index in [1.165, 1.54) is 0 Å². The maximum atomic E-state index is 10.2. The summed E-state index contributed by atoms with van der Waals surface area (Å²) >= 11 is 0. The smallest absolute Gasteiger partial charge is 0.338 e. The lowest BCUT2D eigenvalue weighted by molar-refractivity contribution is -0.153. The summed E-state index contributed by atoms with van der Waals surface area (Å²) in [5, 5.41) is 16.8. The third-order valence-electron chi connectivity index (χ3n) is 1.06. The van der Waals surface area contributed by atoms with Gasteiger partial charge in [0.05, 0.1) is 0 Å². The highest BCUT2D eigenvalue weighted by Crippen LogP contribution is 1.97. The molecule has 0 bridgehead atoms. The van der Waals surface area contributed by atoms with Crippen molar-refractivity contribution < 1.29 is 19.9 Å². The Morgan fingerprint density at radius 1 is 1.80 bits per heavy atom. The highest BCUT2D eigenvalue weighted by Gasteiger charge is 2.21. The molecule has 5 heteroatoms. The molecule has 0 aliphatic heterocycles. The van der Waals surface area contributed by atoms with E-state index in [9.17, 15) is 9.59 Å². The van der Waals surface area contributed by atoms with Crippen LogP contribution < -0.4 is 0 Å². The highest BCUT2D eigenvalue weighted by molar-refractivity contribution is 5.75. The van der Waals surface area contributed by atoms with Gasteiger partial charge in [-0.1, -0.05) is 6.92 Å². The predicted molar refractivity (Wildman–Crippen MR) is 31.0 cm³/mol. The van der Waals surface area contributed by atoms with Crippen molar-refractivity contribution in [3.63, 3.8) is 0 Å². The molecule has 0 fully saturated rings. The number of rotatable bonds is 4. The van der Waals surface area contributed by atoms with Gasteiger partial charge in [-0.3, -0.25) is 10.0 Å². The Morgan fingerprint density at radius 2 is 2.30 bits per heavy atom. The average molecular weight is 146 g/mol. The number of nitrogens with zero attached hydrogens (tertiary/aromatic N) is 1. The molecule has 1 radical (unpaired) electrons. The molecule has 0 saturated carbocycles. The molecular formula is C5H8NO4. The van der Waals surface area contributed by atoms with Gasteiger partial charge in [-0.05, 0) is 6.42 Å². The average Bonchev–Trinajstić information content (AvgIpc) is 1.88. The Hall–Kier alpha value is -1.10. The van der Waals surface area contributed by atoms with Crippen LogP contribution >= 0.6 is 0 Å². The number of carbonyl (C=O) groups is 1. The lowest BCUT2D eigenvalue weighted by Gasteiger charge is -2.14. The number of amides is 1. The largest absolute Gasteiger partial charge is 0.480 e. The SMILES string of the molecule is CCC(C(=O)O)N(O)[C]=O. The van der Waals surface area contributed by atoms with Crippen molar-refractivity contribution in [2.75, 3.05) is 0 Å². The Kier molecular flexibility index (Phi) is 3.42. The van der Waals surface area contributed by atoms with Gasteiger partial charge in [0.25, 0.3) is 0 Å². The topological polar surface area (TPSA) is 77.8 Å². The molecule has 0 saturated heterocycles. The summed E-state index contributed by atoms with van der Waals surface area (Å²) in [4.78, 5) is 19.8. The number of carboxylic acid groups (broad SMARTS) is 1. The van der Waals surface area contributed by atoms with Crippen molar-refractivity contribution in [2.45, 2.75) is 19.4 Å². The van der Waals surface area contributed by atoms with Crippen LogP contribution in [0.15, 0.2) is 0 Å². The molecule has 2 N–H and O–H groups in total. The molecule has 0 aromatic carbocycles. The van der Waals surface area contributed by atoms with Crippen molar-refractivity contribution in [2.24, 2.45) is 0 Å². The lowest BCUT2D eigenvalue weighted by Crippen LogP contribution is -2.37. The van der Waals surface area contributed by atoms with E-state index in [1.54, 1.807) is 6.92 Å². The first kappa shape index (κ1) is 8.90. The molecule has 57 valence electrons. The first-order valence-corrected chi connectivity index (χ1v) is 2.72. The number of hydroxylamine groups is 2. The number of hydrogen-bond acceptors (Lipinski definition) is 3. The van der Waals surface area contributed by atoms with E-state index in [2.05, 4.69) is 0 Å². The summed E-state index contributed by atoms with van der Waals surface area (Å²) in [6.45, 7) is 1.54. The second kappa shape index (κ2) is 3.84. The zero-order valence-electron chi connectivity index (χ0n) is 5.44. The van der Waals surface area contributed by atoms with Crippen LogP contribution in [0, 0.1) is 0 Å². The zero-order chi connectivity index (χ0) is 8.15. The molecule has 0 aromatic rings. The van der Waals surface area contributed by atoms with Crippen LogP contribution in [0.25, 0.3) is 0 Å². The first-order valence-electron chi connectivity index (χ1n) is 2.72. The summed E-state index contributed by atoms with van der Waals surface area (Å²) < 4.78 is 0. The number of aliphatic carboxylic acids is 1. The molecule has 1 unspecified atom stereocenters. The summed E-state index contributed by atoms with van der Waals surface area (Å²) in [5.74, 6) is -1.24. The molecule has 0 aliphatic rings. The molecule has 0 spiro atoms. The minimum Gasteiger partial charge on any atom is -0.480 e. The van der Waals surface area contributed by atoms with Crippen LogP contribution in [-0.4, -0.2) is 33.8 Å². The summed E-state index contributed by atoms with van der Waals surface area (Å²) in [6, 6.07) is -1.18. The second-order valence-electron chi connectivity index (χ2n) is 1.70. The van der Waals surface area contributed by atoms with Gasteiger partial charge in [0.2, 0.25) is 0 Å². The molecule has 0 heterocycles. The third-order valence-corrected chi connectivity index (χ3v) is 1.06. The van der Waals surface area contributed by atoms with E-state index in [0.717, 1.165) is 6.41 Å². The minimum atomic E-state index is -1.24. The van der Waals surface area contributed by atoms with E-state index in [0.29, 0.717) is 0 Å². The van der Waals surface area contributed by atoms with Crippen LogP contribution in [0.2, 0.25) is 0 Å². The normalized spacial score (nSPS) is 12.2. The molecule has 1 atom stereocenters. The molecular weight excluding hydrogens is 138 g/mol. The number of carboxylic acids is 1. The molecule has 10 heavy (non-hydrogen) atoms. The number of hydrogen-bond donors (Lipinski definition) is 2. The van der Waals surface area contributed by atoms with Gasteiger partial charge >= 0.3 is 12.4 Å². The Morgan fingerprint density at radius 3 is 2.40 bits per heavy atom.